The number of hydrogen-bond acceptors (Lipinski definition) is 3. The summed E-state index contributed by atoms with van der Waals surface area (Å²) in [5.41, 5.74) is 1.83. The lowest BCUT2D eigenvalue weighted by Gasteiger charge is -2.08. The third-order valence-corrected chi connectivity index (χ3v) is 5.04. The predicted molar refractivity (Wildman–Crippen MR) is 83.9 cm³/mol. The molecule has 1 aromatic rings. The molecule has 4 nitrogen and oxygen atoms in total. The molecule has 0 amide bonds. The molecule has 0 unspecified atom stereocenters. The first kappa shape index (κ1) is 17.4. The van der Waals surface area contributed by atoms with Gasteiger partial charge in [0.2, 0.25) is 0 Å². The maximum Gasteiger partial charge on any atom is 0.307 e. The van der Waals surface area contributed by atoms with Crippen LogP contribution in [0.1, 0.15) is 45.1 Å². The smallest absolute Gasteiger partial charge is 0.307 e. The number of carboxylic acids is 1. The van der Waals surface area contributed by atoms with E-state index in [9.17, 15) is 13.2 Å². The minimum absolute atomic E-state index is 0.0226. The largest absolute Gasteiger partial charge is 0.481 e. The number of rotatable bonds is 8. The fraction of sp³-hybridized carbons (Fsp3) is 0.438. The van der Waals surface area contributed by atoms with Crippen molar-refractivity contribution in [2.75, 3.05) is 5.75 Å². The Hall–Kier alpha value is -1.62. The molecule has 1 rings (SSSR count). The highest BCUT2D eigenvalue weighted by Gasteiger charge is 2.13. The molecule has 0 saturated heterocycles. The van der Waals surface area contributed by atoms with Crippen molar-refractivity contribution in [1.29, 1.82) is 0 Å². The van der Waals surface area contributed by atoms with Gasteiger partial charge in [-0.15, -0.1) is 0 Å². The molecule has 0 aliphatic carbocycles. The second-order valence-electron chi connectivity index (χ2n) is 4.92. The number of carboxylic acid groups (broad SMARTS) is 1. The van der Waals surface area contributed by atoms with Gasteiger partial charge in [0, 0.05) is 0 Å². The predicted octanol–water partition coefficient (Wildman–Crippen LogP) is 3.53. The van der Waals surface area contributed by atoms with Crippen molar-refractivity contribution in [3.63, 3.8) is 0 Å². The number of benzene rings is 1. The van der Waals surface area contributed by atoms with Crippen LogP contribution >= 0.6 is 0 Å². The quantitative estimate of drug-likeness (QED) is 0.797. The molecular weight excluding hydrogens is 288 g/mol. The van der Waals surface area contributed by atoms with E-state index in [2.05, 4.69) is 0 Å². The zero-order valence-electron chi connectivity index (χ0n) is 12.5. The van der Waals surface area contributed by atoms with Crippen LogP contribution in [0.2, 0.25) is 0 Å². The lowest BCUT2D eigenvalue weighted by molar-refractivity contribution is -0.135. The third-order valence-electron chi connectivity index (χ3n) is 3.10. The number of sulfone groups is 1. The molecule has 0 saturated carbocycles. The Labute approximate surface area is 126 Å². The zero-order chi connectivity index (χ0) is 15.9. The van der Waals surface area contributed by atoms with Crippen molar-refractivity contribution < 1.29 is 18.3 Å². The summed E-state index contributed by atoms with van der Waals surface area (Å²) in [5, 5.41) is 8.76. The molecule has 0 aliphatic heterocycles. The van der Waals surface area contributed by atoms with Gasteiger partial charge in [0.25, 0.3) is 0 Å². The van der Waals surface area contributed by atoms with E-state index in [1.807, 2.05) is 13.8 Å². The second-order valence-corrected chi connectivity index (χ2v) is 7.03. The highest BCUT2D eigenvalue weighted by molar-refractivity contribution is 7.91. The van der Waals surface area contributed by atoms with Crippen LogP contribution in [0.3, 0.4) is 0 Å². The summed E-state index contributed by atoms with van der Waals surface area (Å²) in [5.74, 6) is -0.728. The fourth-order valence-corrected chi connectivity index (χ4v) is 3.43. The molecule has 0 spiro atoms. The van der Waals surface area contributed by atoms with E-state index in [0.717, 1.165) is 24.0 Å². The van der Waals surface area contributed by atoms with E-state index in [0.29, 0.717) is 11.3 Å². The lowest BCUT2D eigenvalue weighted by atomic mass is 10.0. The third kappa shape index (κ3) is 5.34. The minimum Gasteiger partial charge on any atom is -0.481 e. The van der Waals surface area contributed by atoms with Crippen LogP contribution < -0.4 is 0 Å². The molecule has 0 aliphatic rings. The van der Waals surface area contributed by atoms with Crippen LogP contribution in [0.4, 0.5) is 0 Å². The Bertz CT molecular complexity index is 598. The normalized spacial score (nSPS) is 12.4. The summed E-state index contributed by atoms with van der Waals surface area (Å²) >= 11 is 0. The Kier molecular flexibility index (Phi) is 6.62. The van der Waals surface area contributed by atoms with E-state index in [-0.39, 0.29) is 12.2 Å². The minimum atomic E-state index is -3.20. The molecule has 0 radical (unpaired) electrons. The summed E-state index contributed by atoms with van der Waals surface area (Å²) in [6.45, 7) is 3.86. The molecule has 21 heavy (non-hydrogen) atoms. The van der Waals surface area contributed by atoms with Crippen LogP contribution in [0, 0.1) is 0 Å². The topological polar surface area (TPSA) is 71.4 Å². The monoisotopic (exact) mass is 310 g/mol. The summed E-state index contributed by atoms with van der Waals surface area (Å²) < 4.78 is 23.9. The highest BCUT2D eigenvalue weighted by Crippen LogP contribution is 2.23. The Morgan fingerprint density at radius 1 is 1.14 bits per heavy atom. The van der Waals surface area contributed by atoms with Gasteiger partial charge in [-0.2, -0.15) is 0 Å². The number of aliphatic carboxylic acids is 1. The summed E-state index contributed by atoms with van der Waals surface area (Å²) in [6, 6.07) is 6.72. The Morgan fingerprint density at radius 2 is 1.76 bits per heavy atom. The highest BCUT2D eigenvalue weighted by atomic mass is 32.2. The Morgan fingerprint density at radius 3 is 2.24 bits per heavy atom. The number of allylic oxidation sites excluding steroid dienone is 1. The van der Waals surface area contributed by atoms with Crippen LogP contribution in [-0.2, 0) is 14.6 Å². The lowest BCUT2D eigenvalue weighted by Crippen LogP contribution is -2.05. The summed E-state index contributed by atoms with van der Waals surface area (Å²) in [4.78, 5) is 11.0. The SMILES string of the molecule is CCC/C(=C\CC(=O)O)c1ccc(S(=O)(=O)CCC)cc1. The van der Waals surface area contributed by atoms with Crippen molar-refractivity contribution in [3.8, 4) is 0 Å². The van der Waals surface area contributed by atoms with E-state index in [1.165, 1.54) is 0 Å². The van der Waals surface area contributed by atoms with Crippen LogP contribution in [-0.4, -0.2) is 25.2 Å². The van der Waals surface area contributed by atoms with Gasteiger partial charge < -0.3 is 5.11 Å². The molecule has 116 valence electrons. The van der Waals surface area contributed by atoms with Crippen molar-refractivity contribution >= 4 is 21.4 Å². The molecule has 1 N–H and O–H groups in total. The standard InChI is InChI=1S/C16H22O4S/c1-3-5-13(8-11-16(17)18)14-6-9-15(10-7-14)21(19,20)12-4-2/h6-10H,3-5,11-12H2,1-2H3,(H,17,18)/b13-8+. The Balaban J connectivity index is 3.03. The zero-order valence-corrected chi connectivity index (χ0v) is 13.3. The van der Waals surface area contributed by atoms with Gasteiger partial charge in [-0.3, -0.25) is 4.79 Å². The first-order valence-electron chi connectivity index (χ1n) is 7.14. The van der Waals surface area contributed by atoms with Gasteiger partial charge in [0.05, 0.1) is 17.1 Å². The van der Waals surface area contributed by atoms with Crippen LogP contribution in [0.5, 0.6) is 0 Å². The van der Waals surface area contributed by atoms with E-state index in [1.54, 1.807) is 30.3 Å². The molecule has 5 heteroatoms. The maximum atomic E-state index is 12.0. The molecule has 0 aromatic heterocycles. The molecule has 0 fully saturated rings. The molecular formula is C16H22O4S. The van der Waals surface area contributed by atoms with Crippen molar-refractivity contribution in [1.82, 2.24) is 0 Å². The van der Waals surface area contributed by atoms with E-state index in [4.69, 9.17) is 5.11 Å². The molecule has 0 heterocycles. The summed E-state index contributed by atoms with van der Waals surface area (Å²) in [7, 11) is -3.20. The van der Waals surface area contributed by atoms with Crippen molar-refractivity contribution in [2.45, 2.75) is 44.4 Å². The molecule has 1 aromatic carbocycles. The van der Waals surface area contributed by atoms with Gasteiger partial charge in [-0.25, -0.2) is 8.42 Å². The summed E-state index contributed by atoms with van der Waals surface area (Å²) in [6.07, 6.45) is 3.94. The molecule has 0 bridgehead atoms. The van der Waals surface area contributed by atoms with Gasteiger partial charge in [-0.1, -0.05) is 38.5 Å². The van der Waals surface area contributed by atoms with Gasteiger partial charge >= 0.3 is 5.97 Å². The average Bonchev–Trinajstić information content (AvgIpc) is 2.43. The van der Waals surface area contributed by atoms with E-state index >= 15 is 0 Å². The first-order valence-corrected chi connectivity index (χ1v) is 8.80. The number of carbonyl (C=O) groups is 1. The van der Waals surface area contributed by atoms with E-state index < -0.39 is 15.8 Å². The van der Waals surface area contributed by atoms with Crippen LogP contribution in [0.15, 0.2) is 35.2 Å². The number of hydrogen-bond donors (Lipinski definition) is 1. The first-order chi connectivity index (χ1) is 9.90. The van der Waals surface area contributed by atoms with Gasteiger partial charge in [0.1, 0.15) is 0 Å². The molecule has 0 atom stereocenters. The maximum absolute atomic E-state index is 12.0. The fourth-order valence-electron chi connectivity index (χ4n) is 2.11. The van der Waals surface area contributed by atoms with Crippen molar-refractivity contribution in [2.24, 2.45) is 0 Å². The second kappa shape index (κ2) is 7.98. The van der Waals surface area contributed by atoms with Crippen LogP contribution in [0.25, 0.3) is 5.57 Å². The average molecular weight is 310 g/mol. The van der Waals surface area contributed by atoms with Crippen molar-refractivity contribution in [3.05, 3.63) is 35.9 Å². The van der Waals surface area contributed by atoms with Gasteiger partial charge in [-0.05, 0) is 36.1 Å². The van der Waals surface area contributed by atoms with Gasteiger partial charge in [0.15, 0.2) is 9.84 Å².